The van der Waals surface area contributed by atoms with Crippen LogP contribution in [0.5, 0.6) is 11.5 Å². The first-order chi connectivity index (χ1) is 13.7. The molecular weight excluding hydrogens is 392 g/mol. The lowest BCUT2D eigenvalue weighted by Gasteiger charge is -2.29. The van der Waals surface area contributed by atoms with E-state index in [9.17, 15) is 13.2 Å². The van der Waals surface area contributed by atoms with E-state index in [4.69, 9.17) is 9.47 Å². The van der Waals surface area contributed by atoms with Crippen LogP contribution in [0.4, 0.5) is 5.69 Å². The maximum absolute atomic E-state index is 12.8. The van der Waals surface area contributed by atoms with Crippen LogP contribution in [0.3, 0.4) is 0 Å². The highest BCUT2D eigenvalue weighted by Gasteiger charge is 2.25. The standard InChI is InChI=1S/C21H26N2O5S/c1-14(15-8-10-19(27-2)20(13-15)28-3)22-21(24)17-7-9-18-16(12-17)6-5-11-23(18)29(4,25)26/h7-10,12-14H,5-6,11H2,1-4H3,(H,22,24)/t14-/m0/s1. The molecule has 0 bridgehead atoms. The third-order valence-electron chi connectivity index (χ3n) is 5.07. The van der Waals surface area contributed by atoms with Crippen molar-refractivity contribution in [2.75, 3.05) is 31.3 Å². The van der Waals surface area contributed by atoms with E-state index in [0.717, 1.165) is 24.0 Å². The van der Waals surface area contributed by atoms with E-state index in [1.54, 1.807) is 38.5 Å². The number of methoxy groups -OCH3 is 2. The molecule has 29 heavy (non-hydrogen) atoms. The minimum absolute atomic E-state index is 0.216. The molecule has 2 aromatic rings. The van der Waals surface area contributed by atoms with Gasteiger partial charge in [0.15, 0.2) is 11.5 Å². The highest BCUT2D eigenvalue weighted by atomic mass is 32.2. The molecule has 1 N–H and O–H groups in total. The molecule has 0 radical (unpaired) electrons. The average Bonchev–Trinajstić information content (AvgIpc) is 2.71. The summed E-state index contributed by atoms with van der Waals surface area (Å²) in [5.74, 6) is 1.01. The van der Waals surface area contributed by atoms with Crippen molar-refractivity contribution in [2.24, 2.45) is 0 Å². The predicted octanol–water partition coefficient (Wildman–Crippen LogP) is 2.91. The molecule has 7 nitrogen and oxygen atoms in total. The lowest BCUT2D eigenvalue weighted by molar-refractivity contribution is 0.0939. The van der Waals surface area contributed by atoms with Gasteiger partial charge in [0.2, 0.25) is 10.0 Å². The van der Waals surface area contributed by atoms with Gasteiger partial charge < -0.3 is 14.8 Å². The molecular formula is C21H26N2O5S. The number of fused-ring (bicyclic) bond motifs is 1. The number of hydrogen-bond donors (Lipinski definition) is 1. The summed E-state index contributed by atoms with van der Waals surface area (Å²) in [6.45, 7) is 2.36. The van der Waals surface area contributed by atoms with Crippen molar-refractivity contribution >= 4 is 21.6 Å². The van der Waals surface area contributed by atoms with Crippen molar-refractivity contribution in [3.8, 4) is 11.5 Å². The van der Waals surface area contributed by atoms with E-state index < -0.39 is 10.0 Å². The molecule has 2 aromatic carbocycles. The maximum Gasteiger partial charge on any atom is 0.251 e. The van der Waals surface area contributed by atoms with E-state index in [1.807, 2.05) is 19.1 Å². The smallest absolute Gasteiger partial charge is 0.251 e. The van der Waals surface area contributed by atoms with Crippen LogP contribution in [0.1, 0.15) is 40.9 Å². The normalized spacial score (nSPS) is 14.7. The van der Waals surface area contributed by atoms with Gasteiger partial charge in [-0.3, -0.25) is 9.10 Å². The Morgan fingerprint density at radius 3 is 2.48 bits per heavy atom. The van der Waals surface area contributed by atoms with Crippen molar-refractivity contribution in [3.05, 3.63) is 53.1 Å². The van der Waals surface area contributed by atoms with E-state index >= 15 is 0 Å². The largest absolute Gasteiger partial charge is 0.493 e. The van der Waals surface area contributed by atoms with Crippen LogP contribution in [-0.2, 0) is 16.4 Å². The Labute approximate surface area is 171 Å². The van der Waals surface area contributed by atoms with E-state index in [1.165, 1.54) is 10.6 Å². The molecule has 1 amide bonds. The predicted molar refractivity (Wildman–Crippen MR) is 112 cm³/mol. The lowest BCUT2D eigenvalue weighted by Crippen LogP contribution is -2.35. The first-order valence-electron chi connectivity index (χ1n) is 9.38. The van der Waals surface area contributed by atoms with E-state index in [0.29, 0.717) is 29.3 Å². The van der Waals surface area contributed by atoms with Gasteiger partial charge in [-0.15, -0.1) is 0 Å². The van der Waals surface area contributed by atoms with Gasteiger partial charge in [-0.05, 0) is 61.2 Å². The summed E-state index contributed by atoms with van der Waals surface area (Å²) >= 11 is 0. The highest BCUT2D eigenvalue weighted by Crippen LogP contribution is 2.31. The number of aryl methyl sites for hydroxylation is 1. The summed E-state index contributed by atoms with van der Waals surface area (Å²) in [6.07, 6.45) is 2.68. The van der Waals surface area contributed by atoms with Crippen LogP contribution in [-0.4, -0.2) is 41.3 Å². The second-order valence-corrected chi connectivity index (χ2v) is 9.00. The number of sulfonamides is 1. The lowest BCUT2D eigenvalue weighted by atomic mass is 10.00. The minimum Gasteiger partial charge on any atom is -0.493 e. The number of ether oxygens (including phenoxy) is 2. The van der Waals surface area contributed by atoms with Crippen LogP contribution in [0.15, 0.2) is 36.4 Å². The van der Waals surface area contributed by atoms with Crippen LogP contribution in [0, 0.1) is 0 Å². The zero-order chi connectivity index (χ0) is 21.2. The number of rotatable bonds is 6. The zero-order valence-corrected chi connectivity index (χ0v) is 17.9. The number of nitrogens with zero attached hydrogens (tertiary/aromatic N) is 1. The monoisotopic (exact) mass is 418 g/mol. The molecule has 0 saturated carbocycles. The zero-order valence-electron chi connectivity index (χ0n) is 17.1. The molecule has 3 rings (SSSR count). The second kappa shape index (κ2) is 8.32. The van der Waals surface area contributed by atoms with Crippen molar-refractivity contribution in [3.63, 3.8) is 0 Å². The van der Waals surface area contributed by atoms with Crippen LogP contribution in [0.25, 0.3) is 0 Å². The number of amides is 1. The fourth-order valence-corrected chi connectivity index (χ4v) is 4.53. The Hall–Kier alpha value is -2.74. The van der Waals surface area contributed by atoms with E-state index in [2.05, 4.69) is 5.32 Å². The van der Waals surface area contributed by atoms with Crippen molar-refractivity contribution in [1.29, 1.82) is 0 Å². The molecule has 156 valence electrons. The molecule has 1 atom stereocenters. The second-order valence-electron chi connectivity index (χ2n) is 7.09. The summed E-state index contributed by atoms with van der Waals surface area (Å²) in [7, 11) is -0.189. The minimum atomic E-state index is -3.33. The van der Waals surface area contributed by atoms with Crippen LogP contribution >= 0.6 is 0 Å². The highest BCUT2D eigenvalue weighted by molar-refractivity contribution is 7.92. The number of benzene rings is 2. The Kier molecular flexibility index (Phi) is 6.02. The van der Waals surface area contributed by atoms with Gasteiger partial charge in [-0.2, -0.15) is 0 Å². The number of carbonyl (C=O) groups excluding carboxylic acids is 1. The molecule has 8 heteroatoms. The molecule has 1 aliphatic rings. The first-order valence-corrected chi connectivity index (χ1v) is 11.2. The molecule has 0 unspecified atom stereocenters. The Balaban J connectivity index is 1.79. The molecule has 1 heterocycles. The SMILES string of the molecule is COc1ccc([C@H](C)NC(=O)c2ccc3c(c2)CCCN3S(C)(=O)=O)cc1OC. The fourth-order valence-electron chi connectivity index (χ4n) is 3.53. The van der Waals surface area contributed by atoms with Gasteiger partial charge in [0, 0.05) is 12.1 Å². The molecule has 0 saturated heterocycles. The Morgan fingerprint density at radius 1 is 1.10 bits per heavy atom. The number of hydrogen-bond acceptors (Lipinski definition) is 5. The van der Waals surface area contributed by atoms with Gasteiger partial charge in [0.05, 0.1) is 32.2 Å². The van der Waals surface area contributed by atoms with Gasteiger partial charge >= 0.3 is 0 Å². The number of carbonyl (C=O) groups is 1. The van der Waals surface area contributed by atoms with Crippen LogP contribution < -0.4 is 19.1 Å². The molecule has 0 fully saturated rings. The molecule has 0 aliphatic carbocycles. The Bertz CT molecular complexity index is 1020. The number of anilines is 1. The maximum atomic E-state index is 12.8. The summed E-state index contributed by atoms with van der Waals surface area (Å²) in [6, 6.07) is 10.4. The third-order valence-corrected chi connectivity index (χ3v) is 6.25. The summed E-state index contributed by atoms with van der Waals surface area (Å²) in [5, 5.41) is 2.98. The van der Waals surface area contributed by atoms with Gasteiger partial charge in [-0.1, -0.05) is 6.07 Å². The summed E-state index contributed by atoms with van der Waals surface area (Å²) < 4.78 is 36.0. The average molecular weight is 419 g/mol. The first kappa shape index (κ1) is 21.0. The van der Waals surface area contributed by atoms with E-state index in [-0.39, 0.29) is 11.9 Å². The summed E-state index contributed by atoms with van der Waals surface area (Å²) in [4.78, 5) is 12.8. The van der Waals surface area contributed by atoms with Gasteiger partial charge in [0.25, 0.3) is 5.91 Å². The summed E-state index contributed by atoms with van der Waals surface area (Å²) in [5.41, 5.74) is 2.92. The number of nitrogens with one attached hydrogen (secondary N) is 1. The molecule has 0 aromatic heterocycles. The van der Waals surface area contributed by atoms with Crippen molar-refractivity contribution < 1.29 is 22.7 Å². The molecule has 0 spiro atoms. The fraction of sp³-hybridized carbons (Fsp3) is 0.381. The third kappa shape index (κ3) is 4.48. The van der Waals surface area contributed by atoms with Crippen LogP contribution in [0.2, 0.25) is 0 Å². The van der Waals surface area contributed by atoms with Crippen molar-refractivity contribution in [1.82, 2.24) is 5.32 Å². The van der Waals surface area contributed by atoms with Crippen molar-refractivity contribution in [2.45, 2.75) is 25.8 Å². The Morgan fingerprint density at radius 2 is 1.83 bits per heavy atom. The molecule has 1 aliphatic heterocycles. The topological polar surface area (TPSA) is 84.9 Å². The quantitative estimate of drug-likeness (QED) is 0.780. The van der Waals surface area contributed by atoms with Gasteiger partial charge in [0.1, 0.15) is 0 Å². The van der Waals surface area contributed by atoms with Gasteiger partial charge in [-0.25, -0.2) is 8.42 Å².